The van der Waals surface area contributed by atoms with Crippen LogP contribution in [-0.4, -0.2) is 19.3 Å². The zero-order valence-corrected chi connectivity index (χ0v) is 13.9. The van der Waals surface area contributed by atoms with Gasteiger partial charge in [-0.1, -0.05) is 36.6 Å². The van der Waals surface area contributed by atoms with Crippen LogP contribution >= 0.6 is 11.6 Å². The minimum atomic E-state index is 0.173. The summed E-state index contributed by atoms with van der Waals surface area (Å²) < 4.78 is 6.18. The molecule has 2 atom stereocenters. The van der Waals surface area contributed by atoms with Crippen LogP contribution in [0.15, 0.2) is 18.2 Å². The Morgan fingerprint density at radius 3 is 2.76 bits per heavy atom. The first kappa shape index (κ1) is 15.3. The Hall–Kier alpha value is -0.570. The van der Waals surface area contributed by atoms with Crippen LogP contribution in [0.5, 0.6) is 0 Å². The van der Waals surface area contributed by atoms with Crippen LogP contribution < -0.4 is 5.32 Å². The monoisotopic (exact) mass is 307 g/mol. The Labute approximate surface area is 133 Å². The van der Waals surface area contributed by atoms with Gasteiger partial charge < -0.3 is 10.1 Å². The molecule has 0 bridgehead atoms. The molecule has 2 aliphatic rings. The van der Waals surface area contributed by atoms with Crippen molar-refractivity contribution in [1.82, 2.24) is 5.32 Å². The molecule has 0 amide bonds. The molecule has 0 radical (unpaired) electrons. The van der Waals surface area contributed by atoms with E-state index < -0.39 is 0 Å². The van der Waals surface area contributed by atoms with Crippen LogP contribution in [0.2, 0.25) is 5.02 Å². The lowest BCUT2D eigenvalue weighted by atomic mass is 9.78. The van der Waals surface area contributed by atoms with E-state index in [9.17, 15) is 0 Å². The molecule has 0 aromatic heterocycles. The number of ether oxygens (including phenoxy) is 1. The van der Waals surface area contributed by atoms with Crippen LogP contribution in [0.25, 0.3) is 0 Å². The van der Waals surface area contributed by atoms with E-state index in [0.717, 1.165) is 23.6 Å². The molecular formula is C18H26ClNO. The van der Waals surface area contributed by atoms with E-state index >= 15 is 0 Å². The Bertz CT molecular complexity index is 496. The maximum Gasteiger partial charge on any atom is 0.0686 e. The van der Waals surface area contributed by atoms with Gasteiger partial charge in [0.25, 0.3) is 0 Å². The summed E-state index contributed by atoms with van der Waals surface area (Å²) in [5, 5.41) is 4.40. The van der Waals surface area contributed by atoms with E-state index in [-0.39, 0.29) is 5.60 Å². The van der Waals surface area contributed by atoms with Crippen molar-refractivity contribution in [3.63, 3.8) is 0 Å². The maximum absolute atomic E-state index is 6.32. The van der Waals surface area contributed by atoms with E-state index in [2.05, 4.69) is 37.5 Å². The fourth-order valence-electron chi connectivity index (χ4n) is 4.20. The molecule has 1 heterocycles. The molecule has 1 aliphatic carbocycles. The van der Waals surface area contributed by atoms with Crippen molar-refractivity contribution in [2.75, 3.05) is 13.7 Å². The van der Waals surface area contributed by atoms with E-state index in [1.54, 1.807) is 0 Å². The second-order valence-electron chi connectivity index (χ2n) is 6.77. The first-order valence-corrected chi connectivity index (χ1v) is 8.59. The number of aryl methyl sites for hydroxylation is 1. The van der Waals surface area contributed by atoms with Crippen molar-refractivity contribution in [3.8, 4) is 0 Å². The second-order valence-corrected chi connectivity index (χ2v) is 7.17. The number of hydrogen-bond donors (Lipinski definition) is 1. The van der Waals surface area contributed by atoms with Gasteiger partial charge in [-0.15, -0.1) is 0 Å². The summed E-state index contributed by atoms with van der Waals surface area (Å²) in [6.07, 6.45) is 7.46. The van der Waals surface area contributed by atoms with Gasteiger partial charge in [0, 0.05) is 17.7 Å². The Morgan fingerprint density at radius 2 is 2.10 bits per heavy atom. The summed E-state index contributed by atoms with van der Waals surface area (Å²) in [7, 11) is 2.06. The van der Waals surface area contributed by atoms with Crippen molar-refractivity contribution in [2.45, 2.75) is 57.1 Å². The van der Waals surface area contributed by atoms with Gasteiger partial charge in [-0.05, 0) is 62.8 Å². The zero-order valence-electron chi connectivity index (χ0n) is 13.1. The minimum Gasteiger partial charge on any atom is -0.375 e. The highest BCUT2D eigenvalue weighted by Gasteiger charge is 2.42. The normalized spacial score (nSPS) is 26.1. The standard InChI is InChI=1S/C18H26ClNO/c1-13-5-6-14(11-16(13)19)17(20-2)15-7-10-21-18(12-15)8-3-4-9-18/h5-6,11,15,17,20H,3-4,7-10,12H2,1-2H3. The van der Waals surface area contributed by atoms with Crippen molar-refractivity contribution in [1.29, 1.82) is 0 Å². The lowest BCUT2D eigenvalue weighted by Crippen LogP contribution is -2.41. The number of benzene rings is 1. The van der Waals surface area contributed by atoms with Gasteiger partial charge in [0.1, 0.15) is 0 Å². The Morgan fingerprint density at radius 1 is 1.33 bits per heavy atom. The fraction of sp³-hybridized carbons (Fsp3) is 0.667. The number of halogens is 1. The van der Waals surface area contributed by atoms with Crippen molar-refractivity contribution in [2.24, 2.45) is 5.92 Å². The summed E-state index contributed by atoms with van der Waals surface area (Å²) in [6.45, 7) is 2.96. The van der Waals surface area contributed by atoms with Gasteiger partial charge in [-0.3, -0.25) is 0 Å². The average molecular weight is 308 g/mol. The lowest BCUT2D eigenvalue weighted by molar-refractivity contribution is -0.0978. The third-order valence-corrected chi connectivity index (χ3v) is 5.79. The van der Waals surface area contributed by atoms with Crippen LogP contribution in [0, 0.1) is 12.8 Å². The number of nitrogens with one attached hydrogen (secondary N) is 1. The minimum absolute atomic E-state index is 0.173. The molecule has 1 saturated carbocycles. The van der Waals surface area contributed by atoms with E-state index in [0.29, 0.717) is 12.0 Å². The first-order valence-electron chi connectivity index (χ1n) is 8.21. The molecule has 1 aromatic rings. The molecule has 2 fully saturated rings. The SMILES string of the molecule is CNC(c1ccc(C)c(Cl)c1)C1CCOC2(CCCC2)C1. The average Bonchev–Trinajstić information content (AvgIpc) is 2.91. The van der Waals surface area contributed by atoms with E-state index in [1.165, 1.54) is 37.7 Å². The van der Waals surface area contributed by atoms with Crippen molar-refractivity contribution < 1.29 is 4.74 Å². The highest BCUT2D eigenvalue weighted by Crippen LogP contribution is 2.45. The second kappa shape index (κ2) is 6.28. The molecule has 3 rings (SSSR count). The van der Waals surface area contributed by atoms with Gasteiger partial charge in [-0.25, -0.2) is 0 Å². The molecule has 1 N–H and O–H groups in total. The number of rotatable bonds is 3. The molecule has 1 saturated heterocycles. The molecule has 116 valence electrons. The first-order chi connectivity index (χ1) is 10.1. The third kappa shape index (κ3) is 3.13. The molecule has 3 heteroatoms. The number of hydrogen-bond acceptors (Lipinski definition) is 2. The topological polar surface area (TPSA) is 21.3 Å². The van der Waals surface area contributed by atoms with E-state index in [1.807, 2.05) is 0 Å². The van der Waals surface area contributed by atoms with Crippen LogP contribution in [0.3, 0.4) is 0 Å². The van der Waals surface area contributed by atoms with Gasteiger partial charge in [0.05, 0.1) is 5.60 Å². The molecule has 1 aromatic carbocycles. The zero-order chi connectivity index (χ0) is 14.9. The van der Waals surface area contributed by atoms with Gasteiger partial charge in [-0.2, -0.15) is 0 Å². The van der Waals surface area contributed by atoms with Crippen molar-refractivity contribution in [3.05, 3.63) is 34.3 Å². The molecule has 2 nitrogen and oxygen atoms in total. The van der Waals surface area contributed by atoms with Crippen LogP contribution in [-0.2, 0) is 4.74 Å². The lowest BCUT2D eigenvalue weighted by Gasteiger charge is -2.41. The van der Waals surface area contributed by atoms with Gasteiger partial charge in [0.2, 0.25) is 0 Å². The fourth-order valence-corrected chi connectivity index (χ4v) is 4.38. The highest BCUT2D eigenvalue weighted by molar-refractivity contribution is 6.31. The van der Waals surface area contributed by atoms with Gasteiger partial charge >= 0.3 is 0 Å². The van der Waals surface area contributed by atoms with E-state index in [4.69, 9.17) is 16.3 Å². The molecule has 21 heavy (non-hydrogen) atoms. The Kier molecular flexibility index (Phi) is 4.58. The summed E-state index contributed by atoms with van der Waals surface area (Å²) in [4.78, 5) is 0. The quantitative estimate of drug-likeness (QED) is 0.877. The third-order valence-electron chi connectivity index (χ3n) is 5.38. The summed E-state index contributed by atoms with van der Waals surface area (Å²) >= 11 is 6.32. The van der Waals surface area contributed by atoms with Crippen molar-refractivity contribution >= 4 is 11.6 Å². The molecule has 1 aliphatic heterocycles. The summed E-state index contributed by atoms with van der Waals surface area (Å²) in [5.41, 5.74) is 2.63. The maximum atomic E-state index is 6.32. The molecular weight excluding hydrogens is 282 g/mol. The Balaban J connectivity index is 1.80. The molecule has 2 unspecified atom stereocenters. The van der Waals surface area contributed by atoms with Gasteiger partial charge in [0.15, 0.2) is 0 Å². The molecule has 1 spiro atoms. The summed E-state index contributed by atoms with van der Waals surface area (Å²) in [5.74, 6) is 0.639. The predicted octanol–water partition coefficient (Wildman–Crippen LogP) is 4.65. The highest BCUT2D eigenvalue weighted by atomic mass is 35.5. The van der Waals surface area contributed by atoms with Crippen LogP contribution in [0.4, 0.5) is 0 Å². The smallest absolute Gasteiger partial charge is 0.0686 e. The predicted molar refractivity (Wildman–Crippen MR) is 87.9 cm³/mol. The largest absolute Gasteiger partial charge is 0.375 e. The summed E-state index contributed by atoms with van der Waals surface area (Å²) in [6, 6.07) is 6.87. The van der Waals surface area contributed by atoms with Crippen LogP contribution in [0.1, 0.15) is 55.7 Å².